The third-order valence-corrected chi connectivity index (χ3v) is 4.88. The predicted molar refractivity (Wildman–Crippen MR) is 114 cm³/mol. The first-order valence-electron chi connectivity index (χ1n) is 9.93. The van der Waals surface area contributed by atoms with Crippen LogP contribution in [0.1, 0.15) is 27.4 Å². The van der Waals surface area contributed by atoms with Gasteiger partial charge in [-0.05, 0) is 30.3 Å². The largest absolute Gasteiger partial charge is 0.488 e. The van der Waals surface area contributed by atoms with E-state index in [1.54, 1.807) is 42.5 Å². The molecular formula is C24H19FN2O6. The van der Waals surface area contributed by atoms with Crippen LogP contribution in [0.4, 0.5) is 9.18 Å². The summed E-state index contributed by atoms with van der Waals surface area (Å²) in [7, 11) is 1.22. The number of amides is 3. The van der Waals surface area contributed by atoms with E-state index in [0.717, 1.165) is 4.90 Å². The van der Waals surface area contributed by atoms with Crippen LogP contribution in [0.25, 0.3) is 6.08 Å². The molecular weight excluding hydrogens is 431 g/mol. The van der Waals surface area contributed by atoms with Crippen LogP contribution in [0, 0.1) is 5.82 Å². The minimum atomic E-state index is -0.661. The number of furan rings is 1. The van der Waals surface area contributed by atoms with Crippen molar-refractivity contribution in [3.05, 3.63) is 94.8 Å². The molecule has 1 aliphatic heterocycles. The van der Waals surface area contributed by atoms with E-state index in [9.17, 15) is 18.8 Å². The molecule has 1 saturated heterocycles. The van der Waals surface area contributed by atoms with Gasteiger partial charge < -0.3 is 19.2 Å². The minimum Gasteiger partial charge on any atom is -0.488 e. The molecule has 2 aromatic carbocycles. The summed E-state index contributed by atoms with van der Waals surface area (Å²) in [5.41, 5.74) is 0.966. The van der Waals surface area contributed by atoms with Gasteiger partial charge in [-0.3, -0.25) is 9.69 Å². The summed E-state index contributed by atoms with van der Waals surface area (Å²) in [5, 5.41) is 2.52. The number of urea groups is 1. The molecule has 0 bridgehead atoms. The smallest absolute Gasteiger partial charge is 0.373 e. The number of carbonyl (C=O) groups is 3. The van der Waals surface area contributed by atoms with E-state index in [0.29, 0.717) is 16.9 Å². The van der Waals surface area contributed by atoms with Crippen molar-refractivity contribution < 1.29 is 32.7 Å². The number of esters is 1. The highest BCUT2D eigenvalue weighted by atomic mass is 19.1. The molecule has 0 aliphatic carbocycles. The lowest BCUT2D eigenvalue weighted by Gasteiger charge is -2.10. The van der Waals surface area contributed by atoms with Gasteiger partial charge in [-0.25, -0.2) is 14.0 Å². The van der Waals surface area contributed by atoms with E-state index in [4.69, 9.17) is 9.15 Å². The van der Waals surface area contributed by atoms with Crippen LogP contribution in [0.15, 0.2) is 70.8 Å². The standard InChI is InChI=1S/C24H19FN2O6/c1-31-23(29)21-11-10-17(33-21)13-27-22(28)19(26-24(27)30)12-15-6-3-5-9-20(15)32-14-16-7-2-4-8-18(16)25/h2-12H,13-14H2,1H3,(H,26,30). The molecule has 33 heavy (non-hydrogen) atoms. The Kier molecular flexibility index (Phi) is 6.21. The monoisotopic (exact) mass is 450 g/mol. The van der Waals surface area contributed by atoms with E-state index in [1.807, 2.05) is 0 Å². The molecule has 1 aliphatic rings. The van der Waals surface area contributed by atoms with Gasteiger partial charge >= 0.3 is 12.0 Å². The fourth-order valence-corrected chi connectivity index (χ4v) is 3.20. The maximum Gasteiger partial charge on any atom is 0.373 e. The van der Waals surface area contributed by atoms with E-state index >= 15 is 0 Å². The highest BCUT2D eigenvalue weighted by Gasteiger charge is 2.34. The molecule has 1 N–H and O–H groups in total. The lowest BCUT2D eigenvalue weighted by Crippen LogP contribution is -2.30. The van der Waals surface area contributed by atoms with Gasteiger partial charge in [0.15, 0.2) is 0 Å². The second-order valence-electron chi connectivity index (χ2n) is 7.05. The number of methoxy groups -OCH3 is 1. The maximum absolute atomic E-state index is 13.9. The third kappa shape index (κ3) is 4.77. The number of carbonyl (C=O) groups excluding carboxylic acids is 3. The second-order valence-corrected chi connectivity index (χ2v) is 7.05. The highest BCUT2D eigenvalue weighted by Crippen LogP contribution is 2.25. The van der Waals surface area contributed by atoms with Crippen LogP contribution in [-0.4, -0.2) is 29.9 Å². The Balaban J connectivity index is 1.50. The van der Waals surface area contributed by atoms with Crippen molar-refractivity contribution in [2.24, 2.45) is 0 Å². The Labute approximate surface area is 188 Å². The van der Waals surface area contributed by atoms with Gasteiger partial charge in [0.25, 0.3) is 5.91 Å². The summed E-state index contributed by atoms with van der Waals surface area (Å²) in [4.78, 5) is 37.7. The topological polar surface area (TPSA) is 98.1 Å². The highest BCUT2D eigenvalue weighted by molar-refractivity contribution is 6.14. The number of imide groups is 1. The first-order chi connectivity index (χ1) is 16.0. The number of halogens is 1. The Morgan fingerprint density at radius 3 is 2.64 bits per heavy atom. The molecule has 0 spiro atoms. The van der Waals surface area contributed by atoms with Crippen molar-refractivity contribution in [2.75, 3.05) is 7.11 Å². The zero-order chi connectivity index (χ0) is 23.4. The molecule has 3 amide bonds. The number of nitrogens with one attached hydrogen (secondary N) is 1. The summed E-state index contributed by atoms with van der Waals surface area (Å²) >= 11 is 0. The summed E-state index contributed by atoms with van der Waals surface area (Å²) in [5.74, 6) is -0.978. The normalized spacial score (nSPS) is 14.5. The van der Waals surface area contributed by atoms with Gasteiger partial charge in [-0.2, -0.15) is 0 Å². The maximum atomic E-state index is 13.9. The van der Waals surface area contributed by atoms with E-state index in [2.05, 4.69) is 10.1 Å². The molecule has 1 aromatic heterocycles. The van der Waals surface area contributed by atoms with Crippen LogP contribution in [0.3, 0.4) is 0 Å². The average molecular weight is 450 g/mol. The molecule has 0 saturated carbocycles. The first-order valence-corrected chi connectivity index (χ1v) is 9.93. The lowest BCUT2D eigenvalue weighted by molar-refractivity contribution is -0.123. The molecule has 0 radical (unpaired) electrons. The lowest BCUT2D eigenvalue weighted by atomic mass is 10.1. The van der Waals surface area contributed by atoms with Gasteiger partial charge in [0.2, 0.25) is 5.76 Å². The van der Waals surface area contributed by atoms with Crippen molar-refractivity contribution in [1.29, 1.82) is 0 Å². The van der Waals surface area contributed by atoms with E-state index in [1.165, 1.54) is 31.4 Å². The summed E-state index contributed by atoms with van der Waals surface area (Å²) < 4.78 is 29.5. The quantitative estimate of drug-likeness (QED) is 0.333. The molecule has 1 fully saturated rings. The zero-order valence-electron chi connectivity index (χ0n) is 17.5. The summed E-state index contributed by atoms with van der Waals surface area (Å²) in [6, 6.07) is 15.4. The van der Waals surface area contributed by atoms with Gasteiger partial charge in [0, 0.05) is 11.1 Å². The van der Waals surface area contributed by atoms with Crippen LogP contribution in [0.5, 0.6) is 5.75 Å². The average Bonchev–Trinajstić information content (AvgIpc) is 3.39. The van der Waals surface area contributed by atoms with Crippen molar-refractivity contribution in [3.8, 4) is 5.75 Å². The Morgan fingerprint density at radius 1 is 1.09 bits per heavy atom. The second kappa shape index (κ2) is 9.39. The number of hydrogen-bond donors (Lipinski definition) is 1. The minimum absolute atomic E-state index is 0.000309. The molecule has 9 heteroatoms. The third-order valence-electron chi connectivity index (χ3n) is 4.88. The number of nitrogens with zero attached hydrogens (tertiary/aromatic N) is 1. The molecule has 2 heterocycles. The van der Waals surface area contributed by atoms with Gasteiger partial charge in [-0.1, -0.05) is 36.4 Å². The fourth-order valence-electron chi connectivity index (χ4n) is 3.20. The number of hydrogen-bond acceptors (Lipinski definition) is 6. The van der Waals surface area contributed by atoms with Crippen molar-refractivity contribution in [2.45, 2.75) is 13.2 Å². The Hall–Kier alpha value is -4.40. The van der Waals surface area contributed by atoms with Gasteiger partial charge in [0.05, 0.1) is 13.7 Å². The molecule has 8 nitrogen and oxygen atoms in total. The fraction of sp³-hybridized carbons (Fsp3) is 0.125. The zero-order valence-corrected chi connectivity index (χ0v) is 17.5. The molecule has 168 valence electrons. The van der Waals surface area contributed by atoms with Crippen molar-refractivity contribution >= 4 is 24.0 Å². The van der Waals surface area contributed by atoms with Crippen LogP contribution in [0.2, 0.25) is 0 Å². The number of rotatable bonds is 7. The SMILES string of the molecule is COC(=O)c1ccc(CN2C(=O)NC(=Cc3ccccc3OCc3ccccc3F)C2=O)o1. The number of benzene rings is 2. The van der Waals surface area contributed by atoms with Crippen LogP contribution >= 0.6 is 0 Å². The van der Waals surface area contributed by atoms with Crippen molar-refractivity contribution in [1.82, 2.24) is 10.2 Å². The first kappa shape index (κ1) is 21.8. The molecule has 0 unspecified atom stereocenters. The number of para-hydroxylation sites is 1. The van der Waals surface area contributed by atoms with Gasteiger partial charge in [0.1, 0.15) is 29.6 Å². The summed E-state index contributed by atoms with van der Waals surface area (Å²) in [6.07, 6.45) is 1.49. The van der Waals surface area contributed by atoms with Crippen LogP contribution < -0.4 is 10.1 Å². The molecule has 4 rings (SSSR count). The summed E-state index contributed by atoms with van der Waals surface area (Å²) in [6.45, 7) is -0.162. The predicted octanol–water partition coefficient (Wildman–Crippen LogP) is 3.88. The number of ether oxygens (including phenoxy) is 2. The van der Waals surface area contributed by atoms with Crippen molar-refractivity contribution in [3.63, 3.8) is 0 Å². The van der Waals surface area contributed by atoms with Gasteiger partial charge in [-0.15, -0.1) is 0 Å². The molecule has 3 aromatic rings. The Bertz CT molecular complexity index is 1250. The van der Waals surface area contributed by atoms with Crippen LogP contribution in [-0.2, 0) is 22.7 Å². The Morgan fingerprint density at radius 2 is 1.85 bits per heavy atom. The van der Waals surface area contributed by atoms with E-state index in [-0.39, 0.29) is 36.2 Å². The van der Waals surface area contributed by atoms with E-state index < -0.39 is 17.9 Å². The molecule has 0 atom stereocenters.